The van der Waals surface area contributed by atoms with Gasteiger partial charge in [-0.3, -0.25) is 0 Å². The summed E-state index contributed by atoms with van der Waals surface area (Å²) in [6.45, 7) is 4.18. The summed E-state index contributed by atoms with van der Waals surface area (Å²) >= 11 is 0. The highest BCUT2D eigenvalue weighted by Gasteiger charge is 2.15. The van der Waals surface area contributed by atoms with Gasteiger partial charge in [0.2, 0.25) is 0 Å². The van der Waals surface area contributed by atoms with Crippen molar-refractivity contribution >= 4 is 0 Å². The Bertz CT molecular complexity index is 307. The van der Waals surface area contributed by atoms with Crippen LogP contribution in [0, 0.1) is 6.92 Å². The van der Waals surface area contributed by atoms with Gasteiger partial charge in [0.05, 0.1) is 0 Å². The molecule has 0 spiro atoms. The molecule has 2 heteroatoms. The molecule has 0 fully saturated rings. The highest BCUT2D eigenvalue weighted by atomic mass is 16.3. The van der Waals surface area contributed by atoms with Gasteiger partial charge in [0, 0.05) is 11.6 Å². The lowest BCUT2D eigenvalue weighted by Crippen LogP contribution is -2.19. The van der Waals surface area contributed by atoms with E-state index in [1.54, 1.807) is 6.07 Å². The van der Waals surface area contributed by atoms with E-state index in [-0.39, 0.29) is 0 Å². The Hall–Kier alpha value is -1.02. The Morgan fingerprint density at radius 3 is 2.50 bits per heavy atom. The van der Waals surface area contributed by atoms with Crippen LogP contribution in [-0.2, 0) is 0 Å². The summed E-state index contributed by atoms with van der Waals surface area (Å²) in [5, 5.41) is 9.76. The second kappa shape index (κ2) is 4.47. The molecule has 0 aliphatic heterocycles. The van der Waals surface area contributed by atoms with Crippen LogP contribution in [0.3, 0.4) is 0 Å². The van der Waals surface area contributed by atoms with Crippen molar-refractivity contribution in [1.29, 1.82) is 0 Å². The molecule has 2 nitrogen and oxygen atoms in total. The molecule has 0 aliphatic carbocycles. The van der Waals surface area contributed by atoms with Gasteiger partial charge in [-0.25, -0.2) is 0 Å². The average Bonchev–Trinajstić information content (AvgIpc) is 2.11. The van der Waals surface area contributed by atoms with Gasteiger partial charge in [-0.15, -0.1) is 0 Å². The number of nitrogens with zero attached hydrogens (tertiary/aromatic N) is 1. The quantitative estimate of drug-likeness (QED) is 0.797. The molecule has 0 saturated carbocycles. The number of phenols is 1. The monoisotopic (exact) mass is 193 g/mol. The molecule has 1 aromatic carbocycles. The summed E-state index contributed by atoms with van der Waals surface area (Å²) in [5.41, 5.74) is 2.22. The summed E-state index contributed by atoms with van der Waals surface area (Å²) in [4.78, 5) is 2.13. The Morgan fingerprint density at radius 1 is 1.36 bits per heavy atom. The SMILES string of the molecule is CCC(c1cc(C)ccc1O)N(C)C. The molecule has 0 aliphatic rings. The molecule has 14 heavy (non-hydrogen) atoms. The van der Waals surface area contributed by atoms with Crippen molar-refractivity contribution in [2.24, 2.45) is 0 Å². The van der Waals surface area contributed by atoms with Gasteiger partial charge in [0.25, 0.3) is 0 Å². The van der Waals surface area contributed by atoms with Crippen molar-refractivity contribution < 1.29 is 5.11 Å². The third-order valence-electron chi connectivity index (χ3n) is 2.55. The molecular weight excluding hydrogens is 174 g/mol. The Morgan fingerprint density at radius 2 is 2.00 bits per heavy atom. The van der Waals surface area contributed by atoms with Gasteiger partial charge in [0.15, 0.2) is 0 Å². The summed E-state index contributed by atoms with van der Waals surface area (Å²) in [7, 11) is 4.08. The molecule has 0 amide bonds. The van der Waals surface area contributed by atoms with Gasteiger partial charge < -0.3 is 10.0 Å². The van der Waals surface area contributed by atoms with Crippen LogP contribution >= 0.6 is 0 Å². The van der Waals surface area contributed by atoms with Crippen molar-refractivity contribution in [1.82, 2.24) is 4.90 Å². The third kappa shape index (κ3) is 2.26. The molecule has 1 aromatic rings. The third-order valence-corrected chi connectivity index (χ3v) is 2.55. The number of phenolic OH excluding ortho intramolecular Hbond substituents is 1. The first-order valence-corrected chi connectivity index (χ1v) is 5.02. The molecule has 0 aromatic heterocycles. The fourth-order valence-corrected chi connectivity index (χ4v) is 1.80. The molecule has 1 atom stereocenters. The average molecular weight is 193 g/mol. The first-order valence-electron chi connectivity index (χ1n) is 5.02. The highest BCUT2D eigenvalue weighted by Crippen LogP contribution is 2.30. The Labute approximate surface area is 86.2 Å². The van der Waals surface area contributed by atoms with E-state index in [4.69, 9.17) is 0 Å². The molecule has 0 heterocycles. The molecule has 78 valence electrons. The maximum atomic E-state index is 9.76. The van der Waals surface area contributed by atoms with Gasteiger partial charge >= 0.3 is 0 Å². The maximum Gasteiger partial charge on any atom is 0.120 e. The van der Waals surface area contributed by atoms with Gasteiger partial charge in [-0.1, -0.05) is 24.6 Å². The predicted molar refractivity (Wildman–Crippen MR) is 59.6 cm³/mol. The molecule has 1 rings (SSSR count). The lowest BCUT2D eigenvalue weighted by molar-refractivity contribution is 0.284. The second-order valence-corrected chi connectivity index (χ2v) is 3.95. The van der Waals surface area contributed by atoms with Crippen LogP contribution in [0.1, 0.15) is 30.5 Å². The van der Waals surface area contributed by atoms with Gasteiger partial charge in [-0.05, 0) is 33.5 Å². The molecule has 1 N–H and O–H groups in total. The van der Waals surface area contributed by atoms with E-state index in [9.17, 15) is 5.11 Å². The largest absolute Gasteiger partial charge is 0.508 e. The first kappa shape index (κ1) is 11.1. The predicted octanol–water partition coefficient (Wildman–Crippen LogP) is 2.71. The van der Waals surface area contributed by atoms with Crippen molar-refractivity contribution in [2.75, 3.05) is 14.1 Å². The van der Waals surface area contributed by atoms with Crippen molar-refractivity contribution in [2.45, 2.75) is 26.3 Å². The van der Waals surface area contributed by atoms with Crippen LogP contribution in [0.2, 0.25) is 0 Å². The fourth-order valence-electron chi connectivity index (χ4n) is 1.80. The summed E-state index contributed by atoms with van der Waals surface area (Å²) < 4.78 is 0. The van der Waals surface area contributed by atoms with E-state index in [0.717, 1.165) is 12.0 Å². The van der Waals surface area contributed by atoms with E-state index in [0.29, 0.717) is 11.8 Å². The minimum Gasteiger partial charge on any atom is -0.508 e. The Balaban J connectivity index is 3.08. The van der Waals surface area contributed by atoms with Gasteiger partial charge in [-0.2, -0.15) is 0 Å². The highest BCUT2D eigenvalue weighted by molar-refractivity contribution is 5.37. The van der Waals surface area contributed by atoms with Crippen molar-refractivity contribution in [3.05, 3.63) is 29.3 Å². The number of aryl methyl sites for hydroxylation is 1. The minimum atomic E-state index is 0.301. The van der Waals surface area contributed by atoms with E-state index in [1.165, 1.54) is 5.56 Å². The zero-order chi connectivity index (χ0) is 10.7. The van der Waals surface area contributed by atoms with Crippen LogP contribution in [0.25, 0.3) is 0 Å². The molecular formula is C12H19NO. The number of hydrogen-bond donors (Lipinski definition) is 1. The van der Waals surface area contributed by atoms with Crippen LogP contribution < -0.4 is 0 Å². The number of rotatable bonds is 3. The zero-order valence-corrected chi connectivity index (χ0v) is 9.41. The molecule has 0 radical (unpaired) electrons. The van der Waals surface area contributed by atoms with E-state index in [2.05, 4.69) is 17.9 Å². The number of benzene rings is 1. The summed E-state index contributed by atoms with van der Waals surface area (Å²) in [6.07, 6.45) is 1.00. The Kier molecular flexibility index (Phi) is 3.53. The summed E-state index contributed by atoms with van der Waals surface area (Å²) in [6, 6.07) is 6.07. The van der Waals surface area contributed by atoms with E-state index in [1.807, 2.05) is 27.1 Å². The zero-order valence-electron chi connectivity index (χ0n) is 9.41. The number of hydrogen-bond acceptors (Lipinski definition) is 2. The first-order chi connectivity index (χ1) is 6.56. The summed E-state index contributed by atoms with van der Waals surface area (Å²) in [5.74, 6) is 0.399. The van der Waals surface area contributed by atoms with E-state index < -0.39 is 0 Å². The van der Waals surface area contributed by atoms with Crippen LogP contribution in [0.5, 0.6) is 5.75 Å². The number of aromatic hydroxyl groups is 1. The lowest BCUT2D eigenvalue weighted by Gasteiger charge is -2.24. The second-order valence-electron chi connectivity index (χ2n) is 3.95. The lowest BCUT2D eigenvalue weighted by atomic mass is 10.0. The maximum absolute atomic E-state index is 9.76. The van der Waals surface area contributed by atoms with Gasteiger partial charge in [0.1, 0.15) is 5.75 Å². The van der Waals surface area contributed by atoms with Crippen LogP contribution in [0.15, 0.2) is 18.2 Å². The fraction of sp³-hybridized carbons (Fsp3) is 0.500. The molecule has 1 unspecified atom stereocenters. The van der Waals surface area contributed by atoms with Crippen LogP contribution in [0.4, 0.5) is 0 Å². The topological polar surface area (TPSA) is 23.5 Å². The molecule has 0 saturated heterocycles. The van der Waals surface area contributed by atoms with Crippen molar-refractivity contribution in [3.63, 3.8) is 0 Å². The standard InChI is InChI=1S/C12H19NO/c1-5-11(13(3)4)10-8-9(2)6-7-12(10)14/h6-8,11,14H,5H2,1-4H3. The van der Waals surface area contributed by atoms with Crippen molar-refractivity contribution in [3.8, 4) is 5.75 Å². The minimum absolute atomic E-state index is 0.301. The van der Waals surface area contributed by atoms with E-state index >= 15 is 0 Å². The molecule has 0 bridgehead atoms. The smallest absolute Gasteiger partial charge is 0.120 e. The normalized spacial score (nSPS) is 13.2. The van der Waals surface area contributed by atoms with Crippen LogP contribution in [-0.4, -0.2) is 24.1 Å².